The van der Waals surface area contributed by atoms with Gasteiger partial charge in [-0.15, -0.1) is 0 Å². The Kier molecular flexibility index (Phi) is 4.67. The van der Waals surface area contributed by atoms with Crippen LogP contribution >= 0.6 is 0 Å². The molecule has 148 valence electrons. The lowest BCUT2D eigenvalue weighted by Crippen LogP contribution is -2.12. The number of fused-ring (bicyclic) bond motifs is 1. The first-order chi connectivity index (χ1) is 14.0. The maximum Gasteiger partial charge on any atom is 0.291 e. The summed E-state index contributed by atoms with van der Waals surface area (Å²) in [6, 6.07) is 5.80. The van der Waals surface area contributed by atoms with Crippen molar-refractivity contribution in [1.82, 2.24) is 24.7 Å². The summed E-state index contributed by atoms with van der Waals surface area (Å²) < 4.78 is 33.3. The molecule has 4 rings (SSSR count). The second kappa shape index (κ2) is 7.30. The number of alkyl halides is 2. The van der Waals surface area contributed by atoms with Gasteiger partial charge in [-0.1, -0.05) is 0 Å². The van der Waals surface area contributed by atoms with E-state index >= 15 is 0 Å². The number of aromatic amines is 1. The summed E-state index contributed by atoms with van der Waals surface area (Å²) in [4.78, 5) is 22.6. The van der Waals surface area contributed by atoms with Crippen LogP contribution in [0.2, 0.25) is 0 Å². The summed E-state index contributed by atoms with van der Waals surface area (Å²) in [5, 5.41) is 8.06. The van der Waals surface area contributed by atoms with Crippen LogP contribution in [0.4, 0.5) is 20.4 Å². The summed E-state index contributed by atoms with van der Waals surface area (Å²) in [6.07, 6.45) is 1.83. The molecular formula is C19H16F2N6O2. The number of ether oxygens (including phenoxy) is 1. The van der Waals surface area contributed by atoms with Crippen LogP contribution in [-0.4, -0.2) is 31.8 Å². The average molecular weight is 398 g/mol. The van der Waals surface area contributed by atoms with Gasteiger partial charge in [0.25, 0.3) is 12.0 Å². The van der Waals surface area contributed by atoms with E-state index < -0.39 is 12.0 Å². The van der Waals surface area contributed by atoms with Crippen LogP contribution in [0, 0.1) is 6.92 Å². The van der Waals surface area contributed by atoms with E-state index in [9.17, 15) is 13.6 Å². The molecule has 0 spiro atoms. The largest absolute Gasteiger partial charge is 0.494 e. The summed E-state index contributed by atoms with van der Waals surface area (Å²) in [5.41, 5.74) is 1.10. The van der Waals surface area contributed by atoms with Crippen molar-refractivity contribution >= 4 is 22.5 Å². The fourth-order valence-electron chi connectivity index (χ4n) is 2.98. The molecular weight excluding hydrogens is 382 g/mol. The van der Waals surface area contributed by atoms with Gasteiger partial charge in [0, 0.05) is 35.6 Å². The fourth-order valence-corrected chi connectivity index (χ4v) is 2.98. The first-order valence-corrected chi connectivity index (χ1v) is 8.60. The first-order valence-electron chi connectivity index (χ1n) is 8.60. The quantitative estimate of drug-likeness (QED) is 0.534. The van der Waals surface area contributed by atoms with Crippen molar-refractivity contribution in [2.24, 2.45) is 0 Å². The smallest absolute Gasteiger partial charge is 0.291 e. The number of hydrogen-bond donors (Lipinski definition) is 2. The number of rotatable bonds is 5. The van der Waals surface area contributed by atoms with Crippen LogP contribution in [0.5, 0.6) is 5.75 Å². The normalized spacial score (nSPS) is 11.2. The van der Waals surface area contributed by atoms with Gasteiger partial charge in [-0.05, 0) is 25.1 Å². The van der Waals surface area contributed by atoms with E-state index in [1.165, 1.54) is 42.4 Å². The molecule has 29 heavy (non-hydrogen) atoms. The van der Waals surface area contributed by atoms with E-state index in [1.54, 1.807) is 19.2 Å². The van der Waals surface area contributed by atoms with Crippen molar-refractivity contribution in [2.75, 3.05) is 12.4 Å². The number of H-pyrrole nitrogens is 1. The Balaban J connectivity index is 1.87. The van der Waals surface area contributed by atoms with E-state index in [0.717, 1.165) is 5.39 Å². The third-order valence-corrected chi connectivity index (χ3v) is 4.39. The SMILES string of the molecule is COc1ccc(C(F)F)cc1-n1nc(C)c2cnc(Nc3ncc[nH]c3=O)cc21. The first kappa shape index (κ1) is 18.5. The van der Waals surface area contributed by atoms with Gasteiger partial charge in [0.2, 0.25) is 0 Å². The Morgan fingerprint density at radius 2 is 2.07 bits per heavy atom. The topological polar surface area (TPSA) is 97.7 Å². The van der Waals surface area contributed by atoms with Gasteiger partial charge in [0.15, 0.2) is 5.82 Å². The number of halogens is 2. The van der Waals surface area contributed by atoms with Crippen LogP contribution in [0.3, 0.4) is 0 Å². The predicted molar refractivity (Wildman–Crippen MR) is 103 cm³/mol. The average Bonchev–Trinajstić information content (AvgIpc) is 3.05. The molecule has 0 atom stereocenters. The Labute approximate surface area is 163 Å². The van der Waals surface area contributed by atoms with Crippen molar-refractivity contribution < 1.29 is 13.5 Å². The lowest BCUT2D eigenvalue weighted by Gasteiger charge is -2.12. The molecule has 2 N–H and O–H groups in total. The summed E-state index contributed by atoms with van der Waals surface area (Å²) in [6.45, 7) is 1.79. The molecule has 0 bridgehead atoms. The van der Waals surface area contributed by atoms with E-state index in [1.807, 2.05) is 0 Å². The molecule has 4 aromatic rings. The van der Waals surface area contributed by atoms with E-state index in [0.29, 0.717) is 28.5 Å². The number of aryl methyl sites for hydroxylation is 1. The second-order valence-electron chi connectivity index (χ2n) is 6.21. The highest BCUT2D eigenvalue weighted by Crippen LogP contribution is 2.32. The lowest BCUT2D eigenvalue weighted by atomic mass is 10.2. The third-order valence-electron chi connectivity index (χ3n) is 4.39. The predicted octanol–water partition coefficient (Wildman–Crippen LogP) is 3.50. The Hall–Kier alpha value is -3.82. The van der Waals surface area contributed by atoms with Crippen LogP contribution in [0.15, 0.2) is 47.7 Å². The molecule has 10 heteroatoms. The zero-order valence-corrected chi connectivity index (χ0v) is 15.5. The summed E-state index contributed by atoms with van der Waals surface area (Å²) in [5.74, 6) is 0.831. The molecule has 0 aliphatic rings. The van der Waals surface area contributed by atoms with Crippen LogP contribution in [0.25, 0.3) is 16.6 Å². The summed E-state index contributed by atoms with van der Waals surface area (Å²) in [7, 11) is 1.46. The third kappa shape index (κ3) is 3.40. The van der Waals surface area contributed by atoms with Crippen LogP contribution in [0.1, 0.15) is 17.7 Å². The minimum atomic E-state index is -2.63. The number of nitrogens with one attached hydrogen (secondary N) is 2. The summed E-state index contributed by atoms with van der Waals surface area (Å²) >= 11 is 0. The zero-order chi connectivity index (χ0) is 20.5. The molecule has 0 unspecified atom stereocenters. The number of pyridine rings is 1. The van der Waals surface area contributed by atoms with Gasteiger partial charge >= 0.3 is 0 Å². The number of methoxy groups -OCH3 is 1. The Morgan fingerprint density at radius 1 is 1.24 bits per heavy atom. The van der Waals surface area contributed by atoms with Crippen LogP contribution < -0.4 is 15.6 Å². The Bertz CT molecular complexity index is 1250. The minimum Gasteiger partial charge on any atom is -0.494 e. The number of hydrogen-bond acceptors (Lipinski definition) is 6. The van der Waals surface area contributed by atoms with E-state index in [-0.39, 0.29) is 11.4 Å². The standard InChI is InChI=1S/C19H16F2N6O2/c1-10-12-9-24-16(25-18-19(28)23-6-5-22-18)8-13(12)27(26-10)14-7-11(17(20)21)3-4-15(14)29-2/h3-9,17H,1-2H3,(H,23,28)(H,22,24,25). The molecule has 3 aromatic heterocycles. The van der Waals surface area contributed by atoms with Gasteiger partial charge in [-0.2, -0.15) is 5.10 Å². The molecule has 0 saturated heterocycles. The number of nitrogens with zero attached hydrogens (tertiary/aromatic N) is 4. The highest BCUT2D eigenvalue weighted by Gasteiger charge is 2.17. The molecule has 0 saturated carbocycles. The highest BCUT2D eigenvalue weighted by atomic mass is 19.3. The number of aromatic nitrogens is 5. The van der Waals surface area contributed by atoms with Crippen molar-refractivity contribution in [3.05, 3.63) is 64.5 Å². The van der Waals surface area contributed by atoms with Crippen LogP contribution in [-0.2, 0) is 0 Å². The molecule has 0 aliphatic carbocycles. The molecule has 8 nitrogen and oxygen atoms in total. The fraction of sp³-hybridized carbons (Fsp3) is 0.158. The minimum absolute atomic E-state index is 0.0828. The van der Waals surface area contributed by atoms with Crippen molar-refractivity contribution in [2.45, 2.75) is 13.3 Å². The molecule has 0 aliphatic heterocycles. The monoisotopic (exact) mass is 398 g/mol. The zero-order valence-electron chi connectivity index (χ0n) is 15.5. The molecule has 3 heterocycles. The molecule has 1 aromatic carbocycles. The highest BCUT2D eigenvalue weighted by molar-refractivity contribution is 5.85. The maximum atomic E-state index is 13.2. The van der Waals surface area contributed by atoms with Gasteiger partial charge in [-0.3, -0.25) is 4.79 Å². The van der Waals surface area contributed by atoms with Gasteiger partial charge in [-0.25, -0.2) is 23.4 Å². The van der Waals surface area contributed by atoms with Gasteiger partial charge in [0.1, 0.15) is 17.3 Å². The molecule has 0 fully saturated rings. The molecule has 0 amide bonds. The van der Waals surface area contributed by atoms with E-state index in [2.05, 4.69) is 25.4 Å². The van der Waals surface area contributed by atoms with Crippen molar-refractivity contribution in [3.63, 3.8) is 0 Å². The van der Waals surface area contributed by atoms with Gasteiger partial charge < -0.3 is 15.0 Å². The van der Waals surface area contributed by atoms with E-state index in [4.69, 9.17) is 4.74 Å². The molecule has 0 radical (unpaired) electrons. The Morgan fingerprint density at radius 3 is 2.79 bits per heavy atom. The van der Waals surface area contributed by atoms with Crippen molar-refractivity contribution in [1.29, 1.82) is 0 Å². The second-order valence-corrected chi connectivity index (χ2v) is 6.21. The number of benzene rings is 1. The van der Waals surface area contributed by atoms with Gasteiger partial charge in [0.05, 0.1) is 18.3 Å². The lowest BCUT2D eigenvalue weighted by molar-refractivity contribution is 0.151. The van der Waals surface area contributed by atoms with Crippen molar-refractivity contribution in [3.8, 4) is 11.4 Å². The number of anilines is 2. The maximum absolute atomic E-state index is 13.2.